The van der Waals surface area contributed by atoms with Gasteiger partial charge in [0, 0.05) is 32.1 Å². The number of hydrogen-bond donors (Lipinski definition) is 1. The summed E-state index contributed by atoms with van der Waals surface area (Å²) in [4.78, 5) is 39.4. The first kappa shape index (κ1) is 15.3. The van der Waals surface area contributed by atoms with Gasteiger partial charge in [0.05, 0.1) is 11.8 Å². The zero-order valence-electron chi connectivity index (χ0n) is 12.9. The first-order chi connectivity index (χ1) is 10.6. The second-order valence-electron chi connectivity index (χ2n) is 6.82. The summed E-state index contributed by atoms with van der Waals surface area (Å²) in [6, 6.07) is 0.336. The van der Waals surface area contributed by atoms with E-state index < -0.39 is 5.97 Å². The molecule has 2 heterocycles. The highest BCUT2D eigenvalue weighted by atomic mass is 16.4. The molecule has 0 aromatic carbocycles. The summed E-state index contributed by atoms with van der Waals surface area (Å²) in [5.41, 5.74) is 0. The Balaban J connectivity index is 1.55. The Morgan fingerprint density at radius 2 is 1.64 bits per heavy atom. The Morgan fingerprint density at radius 1 is 1.00 bits per heavy atom. The summed E-state index contributed by atoms with van der Waals surface area (Å²) in [6.07, 6.45) is 5.86. The van der Waals surface area contributed by atoms with Crippen molar-refractivity contribution in [2.24, 2.45) is 11.8 Å². The second-order valence-corrected chi connectivity index (χ2v) is 6.82. The zero-order valence-corrected chi connectivity index (χ0v) is 12.9. The van der Waals surface area contributed by atoms with Crippen molar-refractivity contribution in [3.63, 3.8) is 0 Å². The maximum Gasteiger partial charge on any atom is 0.306 e. The molecule has 3 aliphatic rings. The topological polar surface area (TPSA) is 77.9 Å². The summed E-state index contributed by atoms with van der Waals surface area (Å²) < 4.78 is 0. The van der Waals surface area contributed by atoms with Crippen LogP contribution in [0.4, 0.5) is 0 Å². The molecule has 2 amide bonds. The lowest BCUT2D eigenvalue weighted by molar-refractivity contribution is -0.146. The van der Waals surface area contributed by atoms with Gasteiger partial charge >= 0.3 is 5.97 Å². The number of likely N-dealkylation sites (tertiary alicyclic amines) is 2. The number of rotatable bonds is 3. The molecule has 0 radical (unpaired) electrons. The Hall–Kier alpha value is -1.59. The first-order valence-electron chi connectivity index (χ1n) is 8.37. The lowest BCUT2D eigenvalue weighted by Gasteiger charge is -2.32. The molecule has 2 aliphatic heterocycles. The summed E-state index contributed by atoms with van der Waals surface area (Å²) in [7, 11) is 0. The summed E-state index contributed by atoms with van der Waals surface area (Å²) in [6.45, 7) is 1.56. The van der Waals surface area contributed by atoms with E-state index in [9.17, 15) is 14.4 Å². The number of aliphatic carboxylic acids is 1. The SMILES string of the molecule is O=C(O)C1CCN(C(=O)[C@@H]2CC(=O)N(C3CCCC3)C2)CC1. The second kappa shape index (κ2) is 6.26. The maximum absolute atomic E-state index is 12.6. The number of carbonyl (C=O) groups is 3. The van der Waals surface area contributed by atoms with Gasteiger partial charge in [-0.2, -0.15) is 0 Å². The molecule has 0 aromatic rings. The Bertz CT molecular complexity index is 465. The van der Waals surface area contributed by atoms with E-state index in [2.05, 4.69) is 0 Å². The molecule has 0 spiro atoms. The van der Waals surface area contributed by atoms with Gasteiger partial charge in [0.15, 0.2) is 0 Å². The first-order valence-corrected chi connectivity index (χ1v) is 8.37. The summed E-state index contributed by atoms with van der Waals surface area (Å²) >= 11 is 0. The Kier molecular flexibility index (Phi) is 4.36. The minimum absolute atomic E-state index is 0.0395. The molecule has 2 saturated heterocycles. The van der Waals surface area contributed by atoms with Gasteiger partial charge in [-0.1, -0.05) is 12.8 Å². The molecule has 1 aliphatic carbocycles. The highest BCUT2D eigenvalue weighted by Crippen LogP contribution is 2.31. The lowest BCUT2D eigenvalue weighted by Crippen LogP contribution is -2.44. The molecule has 0 bridgehead atoms. The van der Waals surface area contributed by atoms with Gasteiger partial charge in [-0.15, -0.1) is 0 Å². The third-order valence-corrected chi connectivity index (χ3v) is 5.43. The molecule has 6 heteroatoms. The molecular formula is C16H24N2O4. The highest BCUT2D eigenvalue weighted by Gasteiger charge is 2.40. The average molecular weight is 308 g/mol. The van der Waals surface area contributed by atoms with Crippen LogP contribution in [0.3, 0.4) is 0 Å². The zero-order chi connectivity index (χ0) is 15.7. The monoisotopic (exact) mass is 308 g/mol. The smallest absolute Gasteiger partial charge is 0.306 e. The third kappa shape index (κ3) is 2.96. The largest absolute Gasteiger partial charge is 0.481 e. The van der Waals surface area contributed by atoms with Crippen LogP contribution in [0.15, 0.2) is 0 Å². The lowest BCUT2D eigenvalue weighted by atomic mass is 9.95. The van der Waals surface area contributed by atoms with E-state index in [0.29, 0.717) is 44.9 Å². The van der Waals surface area contributed by atoms with Gasteiger partial charge in [0.1, 0.15) is 0 Å². The molecule has 0 aromatic heterocycles. The maximum atomic E-state index is 12.6. The number of carbonyl (C=O) groups excluding carboxylic acids is 2. The normalized spacial score (nSPS) is 27.6. The van der Waals surface area contributed by atoms with E-state index in [4.69, 9.17) is 5.11 Å². The van der Waals surface area contributed by atoms with Crippen molar-refractivity contribution in [2.45, 2.75) is 51.0 Å². The fourth-order valence-electron chi connectivity index (χ4n) is 4.07. The van der Waals surface area contributed by atoms with Gasteiger partial charge in [0.2, 0.25) is 11.8 Å². The van der Waals surface area contributed by atoms with E-state index in [1.54, 1.807) is 4.90 Å². The van der Waals surface area contributed by atoms with Crippen LogP contribution in [0.1, 0.15) is 44.9 Å². The quantitative estimate of drug-likeness (QED) is 0.847. The Labute approximate surface area is 130 Å². The molecule has 0 unspecified atom stereocenters. The van der Waals surface area contributed by atoms with Crippen LogP contribution >= 0.6 is 0 Å². The van der Waals surface area contributed by atoms with E-state index in [1.165, 1.54) is 12.8 Å². The molecular weight excluding hydrogens is 284 g/mol. The van der Waals surface area contributed by atoms with Crippen LogP contribution in [-0.4, -0.2) is 58.4 Å². The highest BCUT2D eigenvalue weighted by molar-refractivity contribution is 5.89. The van der Waals surface area contributed by atoms with Crippen LogP contribution in [0, 0.1) is 11.8 Å². The van der Waals surface area contributed by atoms with Gasteiger partial charge in [-0.25, -0.2) is 0 Å². The van der Waals surface area contributed by atoms with Crippen molar-refractivity contribution < 1.29 is 19.5 Å². The standard InChI is InChI=1S/C16H24N2O4/c19-14-9-12(10-18(14)13-3-1-2-4-13)15(20)17-7-5-11(6-8-17)16(21)22/h11-13H,1-10H2,(H,21,22)/t12-/m1/s1. The molecule has 3 rings (SSSR count). The molecule has 3 fully saturated rings. The average Bonchev–Trinajstić information content (AvgIpc) is 3.15. The minimum Gasteiger partial charge on any atom is -0.481 e. The number of carboxylic acids is 1. The van der Waals surface area contributed by atoms with Crippen LogP contribution in [0.2, 0.25) is 0 Å². The Morgan fingerprint density at radius 3 is 2.23 bits per heavy atom. The molecule has 1 N–H and O–H groups in total. The van der Waals surface area contributed by atoms with E-state index in [0.717, 1.165) is 12.8 Å². The van der Waals surface area contributed by atoms with E-state index in [1.807, 2.05) is 4.90 Å². The number of nitrogens with zero attached hydrogens (tertiary/aromatic N) is 2. The van der Waals surface area contributed by atoms with Crippen LogP contribution in [0.25, 0.3) is 0 Å². The number of piperidine rings is 1. The van der Waals surface area contributed by atoms with Crippen molar-refractivity contribution in [1.29, 1.82) is 0 Å². The van der Waals surface area contributed by atoms with Crippen LogP contribution < -0.4 is 0 Å². The van der Waals surface area contributed by atoms with Crippen molar-refractivity contribution in [3.05, 3.63) is 0 Å². The van der Waals surface area contributed by atoms with Gasteiger partial charge < -0.3 is 14.9 Å². The molecule has 6 nitrogen and oxygen atoms in total. The summed E-state index contributed by atoms with van der Waals surface area (Å²) in [5.74, 6) is -1.17. The fraction of sp³-hybridized carbons (Fsp3) is 0.812. The molecule has 122 valence electrons. The van der Waals surface area contributed by atoms with Gasteiger partial charge in [0.25, 0.3) is 0 Å². The van der Waals surface area contributed by atoms with Crippen LogP contribution in [-0.2, 0) is 14.4 Å². The number of carboxylic acid groups (broad SMARTS) is 1. The predicted molar refractivity (Wildman–Crippen MR) is 79.0 cm³/mol. The minimum atomic E-state index is -0.768. The van der Waals surface area contributed by atoms with Gasteiger partial charge in [-0.3, -0.25) is 14.4 Å². The van der Waals surface area contributed by atoms with Crippen LogP contribution in [0.5, 0.6) is 0 Å². The number of amides is 2. The predicted octanol–water partition coefficient (Wildman–Crippen LogP) is 1.10. The van der Waals surface area contributed by atoms with Crippen molar-refractivity contribution in [2.75, 3.05) is 19.6 Å². The third-order valence-electron chi connectivity index (χ3n) is 5.43. The summed E-state index contributed by atoms with van der Waals surface area (Å²) in [5, 5.41) is 9.01. The van der Waals surface area contributed by atoms with E-state index >= 15 is 0 Å². The molecule has 22 heavy (non-hydrogen) atoms. The molecule has 1 saturated carbocycles. The van der Waals surface area contributed by atoms with Crippen molar-refractivity contribution >= 4 is 17.8 Å². The van der Waals surface area contributed by atoms with Gasteiger partial charge in [-0.05, 0) is 25.7 Å². The van der Waals surface area contributed by atoms with Crippen molar-refractivity contribution in [3.8, 4) is 0 Å². The fourth-order valence-corrected chi connectivity index (χ4v) is 4.07. The molecule has 1 atom stereocenters. The van der Waals surface area contributed by atoms with E-state index in [-0.39, 0.29) is 23.7 Å². The van der Waals surface area contributed by atoms with Crippen molar-refractivity contribution in [1.82, 2.24) is 9.80 Å². The number of hydrogen-bond acceptors (Lipinski definition) is 3.